The van der Waals surface area contributed by atoms with Gasteiger partial charge in [-0.05, 0) is 51.8 Å². The summed E-state index contributed by atoms with van der Waals surface area (Å²) in [5, 5.41) is 8.63. The number of phenolic OH excluding ortho intramolecular Hbond substituents is 1. The topological polar surface area (TPSA) is 37.3 Å². The summed E-state index contributed by atoms with van der Waals surface area (Å²) in [6, 6.07) is 8.71. The van der Waals surface area contributed by atoms with Gasteiger partial charge in [0.15, 0.2) is 0 Å². The first-order valence-corrected chi connectivity index (χ1v) is 6.04. The molecule has 0 fully saturated rings. The second kappa shape index (κ2) is 10.3. The van der Waals surface area contributed by atoms with E-state index in [1.807, 2.05) is 13.0 Å². The molecule has 18 heavy (non-hydrogen) atoms. The monoisotopic (exact) mass is 246 g/mol. The highest BCUT2D eigenvalue weighted by molar-refractivity contribution is 5.65. The molecule has 0 saturated heterocycles. The molecule has 0 atom stereocenters. The summed E-state index contributed by atoms with van der Waals surface area (Å²) in [7, 11) is 0. The lowest BCUT2D eigenvalue weighted by Crippen LogP contribution is -1.77. The Hall–Kier alpha value is -1.83. The summed E-state index contributed by atoms with van der Waals surface area (Å²) in [5.41, 5.74) is 2.49. The van der Waals surface area contributed by atoms with Crippen LogP contribution in [0, 0.1) is 0 Å². The number of hydrogen-bond donors (Lipinski definition) is 1. The molecule has 2 nitrogen and oxygen atoms in total. The van der Waals surface area contributed by atoms with E-state index in [4.69, 9.17) is 5.11 Å². The SMILES string of the molecule is CC(C)=CCCC(C)=CC=O.Oc1ccccc1. The van der Waals surface area contributed by atoms with Gasteiger partial charge in [-0.2, -0.15) is 0 Å². The maximum absolute atomic E-state index is 10.0. The highest BCUT2D eigenvalue weighted by Crippen LogP contribution is 2.05. The molecule has 1 aromatic carbocycles. The second-order valence-electron chi connectivity index (χ2n) is 4.30. The van der Waals surface area contributed by atoms with Crippen LogP contribution < -0.4 is 0 Å². The van der Waals surface area contributed by atoms with E-state index < -0.39 is 0 Å². The Morgan fingerprint density at radius 3 is 2.17 bits per heavy atom. The van der Waals surface area contributed by atoms with E-state index in [0.29, 0.717) is 5.75 Å². The van der Waals surface area contributed by atoms with Gasteiger partial charge in [0, 0.05) is 0 Å². The van der Waals surface area contributed by atoms with Crippen LogP contribution in [0.15, 0.2) is 53.6 Å². The highest BCUT2D eigenvalue weighted by atomic mass is 16.3. The van der Waals surface area contributed by atoms with Crippen molar-refractivity contribution in [2.75, 3.05) is 0 Å². The largest absolute Gasteiger partial charge is 0.508 e. The fraction of sp³-hybridized carbons (Fsp3) is 0.312. The van der Waals surface area contributed by atoms with Crippen LogP contribution in [-0.4, -0.2) is 11.4 Å². The van der Waals surface area contributed by atoms with Crippen LogP contribution in [0.25, 0.3) is 0 Å². The van der Waals surface area contributed by atoms with Crippen molar-refractivity contribution in [3.8, 4) is 5.75 Å². The van der Waals surface area contributed by atoms with Gasteiger partial charge >= 0.3 is 0 Å². The van der Waals surface area contributed by atoms with Gasteiger partial charge in [0.2, 0.25) is 0 Å². The van der Waals surface area contributed by atoms with Gasteiger partial charge < -0.3 is 5.11 Å². The van der Waals surface area contributed by atoms with Crippen molar-refractivity contribution < 1.29 is 9.90 Å². The van der Waals surface area contributed by atoms with E-state index >= 15 is 0 Å². The number of hydrogen-bond acceptors (Lipinski definition) is 2. The first-order valence-electron chi connectivity index (χ1n) is 6.04. The summed E-state index contributed by atoms with van der Waals surface area (Å²) in [5.74, 6) is 0.322. The molecule has 1 N–H and O–H groups in total. The maximum atomic E-state index is 10.0. The van der Waals surface area contributed by atoms with Crippen LogP contribution in [0.1, 0.15) is 33.6 Å². The Kier molecular flexibility index (Phi) is 9.28. The van der Waals surface area contributed by atoms with Crippen molar-refractivity contribution in [2.24, 2.45) is 0 Å². The van der Waals surface area contributed by atoms with Gasteiger partial charge in [-0.25, -0.2) is 0 Å². The average Bonchev–Trinajstić information content (AvgIpc) is 2.30. The van der Waals surface area contributed by atoms with Gasteiger partial charge in [0.25, 0.3) is 0 Å². The fourth-order valence-corrected chi connectivity index (χ4v) is 1.22. The standard InChI is InChI=1S/C10H16O.C6H6O/c1-9(2)5-4-6-10(3)7-8-11;7-6-4-2-1-3-5-6/h5,7-8H,4,6H2,1-3H3;1-5,7H. The lowest BCUT2D eigenvalue weighted by Gasteiger charge is -1.94. The molecule has 98 valence electrons. The number of rotatable bonds is 4. The first-order chi connectivity index (χ1) is 8.56. The van der Waals surface area contributed by atoms with Crippen molar-refractivity contribution >= 4 is 6.29 Å². The number of aldehydes is 1. The predicted octanol–water partition coefficient (Wildman–Crippen LogP) is 4.27. The van der Waals surface area contributed by atoms with Gasteiger partial charge in [-0.1, -0.05) is 35.4 Å². The molecule has 0 amide bonds. The molecule has 0 unspecified atom stereocenters. The summed E-state index contributed by atoms with van der Waals surface area (Å²) >= 11 is 0. The first kappa shape index (κ1) is 16.2. The third-order valence-corrected chi connectivity index (χ3v) is 2.20. The smallest absolute Gasteiger partial charge is 0.142 e. The number of carbonyl (C=O) groups excluding carboxylic acids is 1. The molecule has 0 saturated carbocycles. The van der Waals surface area contributed by atoms with Crippen LogP contribution in [0.4, 0.5) is 0 Å². The number of allylic oxidation sites excluding steroid dienone is 4. The van der Waals surface area contributed by atoms with E-state index in [0.717, 1.165) is 24.7 Å². The lowest BCUT2D eigenvalue weighted by atomic mass is 10.1. The van der Waals surface area contributed by atoms with E-state index in [1.54, 1.807) is 30.3 Å². The van der Waals surface area contributed by atoms with Gasteiger partial charge in [0.1, 0.15) is 12.0 Å². The van der Waals surface area contributed by atoms with Crippen LogP contribution in [-0.2, 0) is 4.79 Å². The van der Waals surface area contributed by atoms with Crippen LogP contribution in [0.3, 0.4) is 0 Å². The molecule has 2 heteroatoms. The molecule has 0 aliphatic heterocycles. The number of para-hydroxylation sites is 1. The fourth-order valence-electron chi connectivity index (χ4n) is 1.22. The van der Waals surface area contributed by atoms with Crippen LogP contribution in [0.2, 0.25) is 0 Å². The zero-order valence-electron chi connectivity index (χ0n) is 11.4. The molecule has 0 aliphatic carbocycles. The quantitative estimate of drug-likeness (QED) is 0.489. The van der Waals surface area contributed by atoms with Crippen molar-refractivity contribution in [2.45, 2.75) is 33.6 Å². The zero-order valence-corrected chi connectivity index (χ0v) is 11.4. The molecule has 0 heterocycles. The average molecular weight is 246 g/mol. The number of benzene rings is 1. The summed E-state index contributed by atoms with van der Waals surface area (Å²) < 4.78 is 0. The third kappa shape index (κ3) is 10.7. The molecular weight excluding hydrogens is 224 g/mol. The molecule has 0 spiro atoms. The molecule has 0 bridgehead atoms. The lowest BCUT2D eigenvalue weighted by molar-refractivity contribution is -0.104. The minimum absolute atomic E-state index is 0.322. The van der Waals surface area contributed by atoms with Gasteiger partial charge in [-0.15, -0.1) is 0 Å². The summed E-state index contributed by atoms with van der Waals surface area (Å²) in [6.45, 7) is 6.14. The van der Waals surface area contributed by atoms with Crippen LogP contribution in [0.5, 0.6) is 5.75 Å². The minimum atomic E-state index is 0.322. The van der Waals surface area contributed by atoms with Crippen molar-refractivity contribution in [1.29, 1.82) is 0 Å². The van der Waals surface area contributed by atoms with E-state index in [1.165, 1.54) is 5.57 Å². The third-order valence-electron chi connectivity index (χ3n) is 2.20. The Bertz CT molecular complexity index is 385. The maximum Gasteiger partial charge on any atom is 0.142 e. The molecule has 1 rings (SSSR count). The Labute approximate surface area is 110 Å². The van der Waals surface area contributed by atoms with Crippen molar-refractivity contribution in [3.63, 3.8) is 0 Å². The zero-order chi connectivity index (χ0) is 13.8. The molecule has 1 aromatic rings. The minimum Gasteiger partial charge on any atom is -0.508 e. The molecular formula is C16H22O2. The predicted molar refractivity (Wildman–Crippen MR) is 76.6 cm³/mol. The summed E-state index contributed by atoms with van der Waals surface area (Å²) in [6.07, 6.45) is 6.68. The molecule has 0 radical (unpaired) electrons. The highest BCUT2D eigenvalue weighted by Gasteiger charge is 1.86. The van der Waals surface area contributed by atoms with Crippen LogP contribution >= 0.6 is 0 Å². The second-order valence-corrected chi connectivity index (χ2v) is 4.30. The Morgan fingerprint density at radius 2 is 1.78 bits per heavy atom. The normalized spacial score (nSPS) is 10.1. The Morgan fingerprint density at radius 1 is 1.17 bits per heavy atom. The molecule has 0 aromatic heterocycles. The van der Waals surface area contributed by atoms with E-state index in [-0.39, 0.29) is 0 Å². The number of phenols is 1. The van der Waals surface area contributed by atoms with Crippen molar-refractivity contribution in [3.05, 3.63) is 53.6 Å². The Balaban J connectivity index is 0.000000351. The van der Waals surface area contributed by atoms with E-state index in [2.05, 4.69) is 19.9 Å². The van der Waals surface area contributed by atoms with Gasteiger partial charge in [-0.3, -0.25) is 4.79 Å². The summed E-state index contributed by atoms with van der Waals surface area (Å²) in [4.78, 5) is 10.0. The van der Waals surface area contributed by atoms with Crippen molar-refractivity contribution in [1.82, 2.24) is 0 Å². The molecule has 0 aliphatic rings. The number of aromatic hydroxyl groups is 1. The van der Waals surface area contributed by atoms with E-state index in [9.17, 15) is 4.79 Å². The van der Waals surface area contributed by atoms with Gasteiger partial charge in [0.05, 0.1) is 0 Å². The number of carbonyl (C=O) groups is 1.